The Hall–Kier alpha value is -2.86. The van der Waals surface area contributed by atoms with E-state index >= 15 is 0 Å². The summed E-state index contributed by atoms with van der Waals surface area (Å²) in [6, 6.07) is 9.19. The van der Waals surface area contributed by atoms with Gasteiger partial charge in [-0.15, -0.1) is 0 Å². The van der Waals surface area contributed by atoms with Gasteiger partial charge in [-0.25, -0.2) is 4.79 Å². The summed E-state index contributed by atoms with van der Waals surface area (Å²) in [7, 11) is 0. The first-order valence-electron chi connectivity index (χ1n) is 8.42. The van der Waals surface area contributed by atoms with Crippen LogP contribution in [-0.2, 0) is 4.79 Å². The molecule has 0 radical (unpaired) electrons. The maximum absolute atomic E-state index is 12.6. The van der Waals surface area contributed by atoms with E-state index in [0.717, 1.165) is 0 Å². The van der Waals surface area contributed by atoms with Crippen LogP contribution in [0.15, 0.2) is 36.4 Å². The van der Waals surface area contributed by atoms with E-state index in [4.69, 9.17) is 16.7 Å². The Kier molecular flexibility index (Phi) is 6.58. The molecule has 0 aromatic heterocycles. The lowest BCUT2D eigenvalue weighted by Crippen LogP contribution is -2.16. The molecule has 0 fully saturated rings. The highest BCUT2D eigenvalue weighted by atomic mass is 35.5. The van der Waals surface area contributed by atoms with Gasteiger partial charge in [0.05, 0.1) is 16.1 Å². The number of aryl methyl sites for hydroxylation is 1. The van der Waals surface area contributed by atoms with Crippen LogP contribution in [0.2, 0.25) is 5.02 Å². The van der Waals surface area contributed by atoms with Crippen LogP contribution >= 0.6 is 11.6 Å². The van der Waals surface area contributed by atoms with E-state index < -0.39 is 11.9 Å². The molecule has 7 heteroatoms. The van der Waals surface area contributed by atoms with Crippen molar-refractivity contribution in [1.29, 1.82) is 0 Å². The van der Waals surface area contributed by atoms with E-state index in [-0.39, 0.29) is 28.0 Å². The van der Waals surface area contributed by atoms with Crippen molar-refractivity contribution in [2.45, 2.75) is 27.2 Å². The predicted octanol–water partition coefficient (Wildman–Crippen LogP) is 4.58. The largest absolute Gasteiger partial charge is 0.478 e. The van der Waals surface area contributed by atoms with Gasteiger partial charge in [0.1, 0.15) is 0 Å². The topological polar surface area (TPSA) is 95.5 Å². The molecule has 0 bridgehead atoms. The summed E-state index contributed by atoms with van der Waals surface area (Å²) in [4.78, 5) is 35.5. The minimum atomic E-state index is -1.03. The molecule has 2 aromatic rings. The monoisotopic (exact) mass is 388 g/mol. The molecular formula is C20H21ClN2O4. The molecule has 0 unspecified atom stereocenters. The highest BCUT2D eigenvalue weighted by Crippen LogP contribution is 2.23. The van der Waals surface area contributed by atoms with Gasteiger partial charge in [-0.2, -0.15) is 0 Å². The summed E-state index contributed by atoms with van der Waals surface area (Å²) < 4.78 is 0. The highest BCUT2D eigenvalue weighted by Gasteiger charge is 2.14. The van der Waals surface area contributed by atoms with Crippen molar-refractivity contribution < 1.29 is 19.5 Å². The van der Waals surface area contributed by atoms with Crippen LogP contribution in [0.5, 0.6) is 0 Å². The summed E-state index contributed by atoms with van der Waals surface area (Å²) in [6.07, 6.45) is 0.374. The first-order valence-corrected chi connectivity index (χ1v) is 8.80. The van der Waals surface area contributed by atoms with Crippen LogP contribution in [0.4, 0.5) is 11.4 Å². The van der Waals surface area contributed by atoms with E-state index in [9.17, 15) is 14.4 Å². The molecule has 0 heterocycles. The van der Waals surface area contributed by atoms with Crippen LogP contribution < -0.4 is 10.6 Å². The molecule has 142 valence electrons. The van der Waals surface area contributed by atoms with Gasteiger partial charge in [-0.1, -0.05) is 25.4 Å². The normalized spacial score (nSPS) is 10.6. The van der Waals surface area contributed by atoms with Crippen molar-refractivity contribution in [2.75, 3.05) is 10.6 Å². The molecule has 0 saturated carbocycles. The van der Waals surface area contributed by atoms with Crippen molar-refractivity contribution in [3.8, 4) is 0 Å². The molecule has 2 amide bonds. The van der Waals surface area contributed by atoms with Crippen LogP contribution in [-0.4, -0.2) is 22.9 Å². The van der Waals surface area contributed by atoms with Gasteiger partial charge >= 0.3 is 5.97 Å². The van der Waals surface area contributed by atoms with Crippen molar-refractivity contribution >= 4 is 40.8 Å². The summed E-state index contributed by atoms with van der Waals surface area (Å²) >= 11 is 6.12. The quantitative estimate of drug-likeness (QED) is 0.674. The van der Waals surface area contributed by atoms with Gasteiger partial charge in [0.15, 0.2) is 0 Å². The number of halogens is 1. The zero-order valence-corrected chi connectivity index (χ0v) is 16.1. The summed E-state index contributed by atoms with van der Waals surface area (Å²) in [6.45, 7) is 5.53. The number of carboxylic acid groups (broad SMARTS) is 1. The lowest BCUT2D eigenvalue weighted by Gasteiger charge is -2.11. The maximum Gasteiger partial charge on any atom is 0.335 e. The third kappa shape index (κ3) is 5.56. The summed E-state index contributed by atoms with van der Waals surface area (Å²) in [5, 5.41) is 14.7. The van der Waals surface area contributed by atoms with E-state index in [0.29, 0.717) is 23.4 Å². The second kappa shape index (κ2) is 8.68. The Morgan fingerprint density at radius 3 is 2.22 bits per heavy atom. The zero-order valence-electron chi connectivity index (χ0n) is 15.3. The van der Waals surface area contributed by atoms with E-state index in [1.54, 1.807) is 25.1 Å². The van der Waals surface area contributed by atoms with Gasteiger partial charge in [0, 0.05) is 17.8 Å². The number of hydrogen-bond acceptors (Lipinski definition) is 3. The molecule has 0 spiro atoms. The molecule has 2 aromatic carbocycles. The molecule has 0 aliphatic rings. The first kappa shape index (κ1) is 20.5. The molecule has 6 nitrogen and oxygen atoms in total. The van der Waals surface area contributed by atoms with Crippen LogP contribution in [0, 0.1) is 12.8 Å². The lowest BCUT2D eigenvalue weighted by molar-refractivity contribution is -0.116. The summed E-state index contributed by atoms with van der Waals surface area (Å²) in [5.41, 5.74) is 1.83. The predicted molar refractivity (Wildman–Crippen MR) is 106 cm³/mol. The number of benzene rings is 2. The number of carboxylic acids is 1. The number of hydrogen-bond donors (Lipinski definition) is 3. The fourth-order valence-electron chi connectivity index (χ4n) is 2.54. The Balaban J connectivity index is 2.18. The molecule has 0 aliphatic carbocycles. The molecule has 0 saturated heterocycles. The fraction of sp³-hybridized carbons (Fsp3) is 0.250. The van der Waals surface area contributed by atoms with Gasteiger partial charge in [0.25, 0.3) is 5.91 Å². The lowest BCUT2D eigenvalue weighted by atomic mass is 10.1. The minimum Gasteiger partial charge on any atom is -0.478 e. The Morgan fingerprint density at radius 2 is 1.63 bits per heavy atom. The second-order valence-corrected chi connectivity index (χ2v) is 7.04. The molecule has 0 aliphatic heterocycles. The van der Waals surface area contributed by atoms with Crippen molar-refractivity contribution in [2.24, 2.45) is 5.92 Å². The first-order chi connectivity index (χ1) is 12.7. The third-order valence-corrected chi connectivity index (χ3v) is 4.13. The Labute approximate surface area is 162 Å². The van der Waals surface area contributed by atoms with Gasteiger partial charge in [0.2, 0.25) is 5.91 Å². The molecule has 3 N–H and O–H groups in total. The van der Waals surface area contributed by atoms with Gasteiger partial charge < -0.3 is 15.7 Å². The van der Waals surface area contributed by atoms with E-state index in [1.807, 2.05) is 13.8 Å². The smallest absolute Gasteiger partial charge is 0.335 e. The molecule has 0 atom stereocenters. The molecular weight excluding hydrogens is 368 g/mol. The number of amides is 2. The number of nitrogens with one attached hydrogen (secondary N) is 2. The summed E-state index contributed by atoms with van der Waals surface area (Å²) in [5.74, 6) is -1.41. The van der Waals surface area contributed by atoms with Crippen LogP contribution in [0.1, 0.15) is 46.5 Å². The Bertz CT molecular complexity index is 894. The number of carbonyl (C=O) groups is 3. The van der Waals surface area contributed by atoms with Gasteiger partial charge in [-0.05, 0) is 54.8 Å². The standard InChI is InChI=1S/C20H21ClN2O4/c1-11(2)8-18(24)22-14-5-7-17(21)16(10-14)19(25)23-13-4-6-15(20(26)27)12(3)9-13/h4-7,9-11H,8H2,1-3H3,(H,22,24)(H,23,25)(H,26,27). The number of anilines is 2. The SMILES string of the molecule is Cc1cc(NC(=O)c2cc(NC(=O)CC(C)C)ccc2Cl)ccc1C(=O)O. The van der Waals surface area contributed by atoms with Crippen LogP contribution in [0.25, 0.3) is 0 Å². The van der Waals surface area contributed by atoms with Crippen molar-refractivity contribution in [3.05, 3.63) is 58.1 Å². The molecule has 2 rings (SSSR count). The Morgan fingerprint density at radius 1 is 1.00 bits per heavy atom. The number of carbonyl (C=O) groups excluding carboxylic acids is 2. The average Bonchev–Trinajstić information content (AvgIpc) is 2.55. The van der Waals surface area contributed by atoms with Gasteiger partial charge in [-0.3, -0.25) is 9.59 Å². The maximum atomic E-state index is 12.6. The van der Waals surface area contributed by atoms with Crippen molar-refractivity contribution in [3.63, 3.8) is 0 Å². The van der Waals surface area contributed by atoms with Crippen molar-refractivity contribution in [1.82, 2.24) is 0 Å². The fourth-order valence-corrected chi connectivity index (χ4v) is 2.74. The minimum absolute atomic E-state index is 0.140. The number of rotatable bonds is 6. The third-order valence-electron chi connectivity index (χ3n) is 3.80. The number of aromatic carboxylic acids is 1. The molecule has 27 heavy (non-hydrogen) atoms. The van der Waals surface area contributed by atoms with Crippen LogP contribution in [0.3, 0.4) is 0 Å². The van der Waals surface area contributed by atoms with E-state index in [1.165, 1.54) is 18.2 Å². The van der Waals surface area contributed by atoms with E-state index in [2.05, 4.69) is 10.6 Å². The highest BCUT2D eigenvalue weighted by molar-refractivity contribution is 6.34. The average molecular weight is 389 g/mol. The second-order valence-electron chi connectivity index (χ2n) is 6.63. The zero-order chi connectivity index (χ0) is 20.1.